The summed E-state index contributed by atoms with van der Waals surface area (Å²) in [7, 11) is -1.67. The van der Waals surface area contributed by atoms with Crippen LogP contribution in [0.15, 0.2) is 78.9 Å². The van der Waals surface area contributed by atoms with Crippen LogP contribution in [0.25, 0.3) is 0 Å². The zero-order chi connectivity index (χ0) is 30.0. The van der Waals surface area contributed by atoms with E-state index in [4.69, 9.17) is 11.6 Å². The Morgan fingerprint density at radius 2 is 1.56 bits per heavy atom. The van der Waals surface area contributed by atoms with E-state index in [9.17, 15) is 22.4 Å². The minimum absolute atomic E-state index is 0.00181. The predicted octanol–water partition coefficient (Wildman–Crippen LogP) is 4.65. The molecule has 11 heteroatoms. The lowest BCUT2D eigenvalue weighted by Crippen LogP contribution is -2.54. The summed E-state index contributed by atoms with van der Waals surface area (Å²) in [5.41, 5.74) is 1.24. The third kappa shape index (κ3) is 8.76. The SMILES string of the molecule is CCCCNC(=O)[C@@H](Cc1ccccc1)N(Cc1ccc(Cl)cc1)C(=O)CN(c1ccccc1F)S(=O)(=O)N(C)C. The Bertz CT molecular complexity index is 1410. The van der Waals surface area contributed by atoms with Gasteiger partial charge in [-0.15, -0.1) is 0 Å². The van der Waals surface area contributed by atoms with E-state index in [-0.39, 0.29) is 24.6 Å². The number of hydrogen-bond acceptors (Lipinski definition) is 4. The third-order valence-corrected chi connectivity index (χ3v) is 8.56. The molecule has 3 rings (SSSR count). The number of halogens is 2. The van der Waals surface area contributed by atoms with E-state index in [0.717, 1.165) is 33.1 Å². The molecule has 0 radical (unpaired) electrons. The largest absolute Gasteiger partial charge is 0.354 e. The second-order valence-corrected chi connectivity index (χ2v) is 12.2. The number of rotatable bonds is 14. The quantitative estimate of drug-likeness (QED) is 0.272. The normalized spacial score (nSPS) is 12.1. The number of unbranched alkanes of at least 4 members (excludes halogenated alkanes) is 1. The van der Waals surface area contributed by atoms with Crippen molar-refractivity contribution in [2.75, 3.05) is 31.5 Å². The Labute approximate surface area is 246 Å². The van der Waals surface area contributed by atoms with Crippen LogP contribution < -0.4 is 9.62 Å². The van der Waals surface area contributed by atoms with Crippen LogP contribution in [0.1, 0.15) is 30.9 Å². The molecule has 1 N–H and O–H groups in total. The average molecular weight is 603 g/mol. The minimum atomic E-state index is -4.28. The summed E-state index contributed by atoms with van der Waals surface area (Å²) in [6.45, 7) is 1.72. The van der Waals surface area contributed by atoms with Gasteiger partial charge in [0.15, 0.2) is 0 Å². The van der Waals surface area contributed by atoms with Gasteiger partial charge in [0.2, 0.25) is 11.8 Å². The molecule has 0 aliphatic carbocycles. The molecule has 220 valence electrons. The van der Waals surface area contributed by atoms with Crippen LogP contribution in [0, 0.1) is 5.82 Å². The summed E-state index contributed by atoms with van der Waals surface area (Å²) in [6.07, 6.45) is 1.83. The summed E-state index contributed by atoms with van der Waals surface area (Å²) >= 11 is 6.08. The highest BCUT2D eigenvalue weighted by atomic mass is 35.5. The first-order valence-corrected chi connectivity index (χ1v) is 15.1. The number of amides is 2. The van der Waals surface area contributed by atoms with Crippen LogP contribution in [-0.4, -0.2) is 62.7 Å². The molecule has 41 heavy (non-hydrogen) atoms. The number of anilines is 1. The van der Waals surface area contributed by atoms with Crippen LogP contribution >= 0.6 is 11.6 Å². The molecule has 0 unspecified atom stereocenters. The second kappa shape index (κ2) is 15.0. The van der Waals surface area contributed by atoms with Gasteiger partial charge in [-0.3, -0.25) is 9.59 Å². The molecule has 0 aliphatic heterocycles. The van der Waals surface area contributed by atoms with Crippen molar-refractivity contribution < 1.29 is 22.4 Å². The minimum Gasteiger partial charge on any atom is -0.354 e. The molecule has 0 aliphatic rings. The molecular formula is C30H36ClFN4O4S. The first-order valence-electron chi connectivity index (χ1n) is 13.3. The van der Waals surface area contributed by atoms with Crippen LogP contribution in [0.4, 0.5) is 10.1 Å². The Hall–Kier alpha value is -3.47. The molecule has 3 aromatic rings. The summed E-state index contributed by atoms with van der Waals surface area (Å²) in [6, 6.07) is 20.5. The van der Waals surface area contributed by atoms with Crippen LogP contribution in [0.3, 0.4) is 0 Å². The van der Waals surface area contributed by atoms with Crippen molar-refractivity contribution >= 4 is 39.3 Å². The molecule has 2 amide bonds. The average Bonchev–Trinajstić information content (AvgIpc) is 2.95. The summed E-state index contributed by atoms with van der Waals surface area (Å²) in [5, 5.41) is 3.43. The topological polar surface area (TPSA) is 90.0 Å². The summed E-state index contributed by atoms with van der Waals surface area (Å²) < 4.78 is 43.2. The maximum absolute atomic E-state index is 14.9. The first-order chi connectivity index (χ1) is 19.5. The van der Waals surface area contributed by atoms with E-state index in [1.807, 2.05) is 37.3 Å². The number of carbonyl (C=O) groups is 2. The van der Waals surface area contributed by atoms with Crippen molar-refractivity contribution in [1.82, 2.24) is 14.5 Å². The van der Waals surface area contributed by atoms with E-state index in [2.05, 4.69) is 5.32 Å². The highest BCUT2D eigenvalue weighted by molar-refractivity contribution is 7.90. The van der Waals surface area contributed by atoms with E-state index >= 15 is 0 Å². The van der Waals surface area contributed by atoms with Crippen LogP contribution in [-0.2, 0) is 32.8 Å². The van der Waals surface area contributed by atoms with Gasteiger partial charge in [0.05, 0.1) is 5.69 Å². The number of carbonyl (C=O) groups excluding carboxylic acids is 2. The number of nitrogens with zero attached hydrogens (tertiary/aromatic N) is 3. The molecule has 0 fully saturated rings. The number of nitrogens with one attached hydrogen (secondary N) is 1. The number of hydrogen-bond donors (Lipinski definition) is 1. The van der Waals surface area contributed by atoms with Gasteiger partial charge >= 0.3 is 10.2 Å². The molecule has 0 saturated carbocycles. The zero-order valence-corrected chi connectivity index (χ0v) is 25.0. The monoisotopic (exact) mass is 602 g/mol. The second-order valence-electron chi connectivity index (χ2n) is 9.75. The summed E-state index contributed by atoms with van der Waals surface area (Å²) in [4.78, 5) is 29.1. The van der Waals surface area contributed by atoms with Gasteiger partial charge < -0.3 is 10.2 Å². The standard InChI is InChI=1S/C30H36ClFN4O4S/c1-4-5-19-33-30(38)28(20-23-11-7-6-8-12-23)35(21-24-15-17-25(31)18-16-24)29(37)22-36(41(39,40)34(2)3)27-14-10-9-13-26(27)32/h6-18,28H,4-5,19-22H2,1-3H3,(H,33,38)/t28-/m1/s1. The van der Waals surface area contributed by atoms with Gasteiger partial charge in [-0.2, -0.15) is 12.7 Å². The van der Waals surface area contributed by atoms with Crippen LogP contribution in [0.2, 0.25) is 5.02 Å². The highest BCUT2D eigenvalue weighted by Crippen LogP contribution is 2.24. The molecule has 0 saturated heterocycles. The van der Waals surface area contributed by atoms with Gasteiger partial charge in [0, 0.05) is 38.6 Å². The molecule has 0 aromatic heterocycles. The predicted molar refractivity (Wildman–Crippen MR) is 160 cm³/mol. The van der Waals surface area contributed by atoms with Gasteiger partial charge in [-0.1, -0.05) is 79.5 Å². The van der Waals surface area contributed by atoms with E-state index < -0.39 is 34.5 Å². The Balaban J connectivity index is 2.08. The van der Waals surface area contributed by atoms with Crippen molar-refractivity contribution in [3.05, 3.63) is 101 Å². The zero-order valence-electron chi connectivity index (χ0n) is 23.5. The van der Waals surface area contributed by atoms with E-state index in [0.29, 0.717) is 17.1 Å². The Morgan fingerprint density at radius 1 is 0.927 bits per heavy atom. The van der Waals surface area contributed by atoms with Gasteiger partial charge in [0.25, 0.3) is 0 Å². The fourth-order valence-corrected chi connectivity index (χ4v) is 5.39. The Kier molecular flexibility index (Phi) is 11.7. The molecule has 0 heterocycles. The number of benzene rings is 3. The number of para-hydroxylation sites is 1. The lowest BCUT2D eigenvalue weighted by Gasteiger charge is -2.34. The van der Waals surface area contributed by atoms with E-state index in [1.54, 1.807) is 24.3 Å². The van der Waals surface area contributed by atoms with Crippen LogP contribution in [0.5, 0.6) is 0 Å². The van der Waals surface area contributed by atoms with Crippen molar-refractivity contribution in [2.24, 2.45) is 0 Å². The highest BCUT2D eigenvalue weighted by Gasteiger charge is 2.35. The molecule has 8 nitrogen and oxygen atoms in total. The lowest BCUT2D eigenvalue weighted by atomic mass is 10.0. The molecular weight excluding hydrogens is 567 g/mol. The summed E-state index contributed by atoms with van der Waals surface area (Å²) in [5.74, 6) is -1.83. The van der Waals surface area contributed by atoms with E-state index in [1.165, 1.54) is 37.2 Å². The smallest absolute Gasteiger partial charge is 0.304 e. The van der Waals surface area contributed by atoms with Gasteiger partial charge in [-0.05, 0) is 41.8 Å². The Morgan fingerprint density at radius 3 is 2.17 bits per heavy atom. The molecule has 0 bridgehead atoms. The van der Waals surface area contributed by atoms with Gasteiger partial charge in [-0.25, -0.2) is 8.70 Å². The maximum Gasteiger partial charge on any atom is 0.304 e. The molecule has 1 atom stereocenters. The van der Waals surface area contributed by atoms with Gasteiger partial charge in [0.1, 0.15) is 18.4 Å². The van der Waals surface area contributed by atoms with Crippen molar-refractivity contribution in [1.29, 1.82) is 0 Å². The molecule has 3 aromatic carbocycles. The maximum atomic E-state index is 14.9. The first kappa shape index (κ1) is 32.0. The van der Waals surface area contributed by atoms with Crippen molar-refractivity contribution in [3.8, 4) is 0 Å². The third-order valence-electron chi connectivity index (χ3n) is 6.51. The fourth-order valence-electron chi connectivity index (χ4n) is 4.20. The van der Waals surface area contributed by atoms with Crippen molar-refractivity contribution in [2.45, 2.75) is 38.8 Å². The lowest BCUT2D eigenvalue weighted by molar-refractivity contribution is -0.140. The fraction of sp³-hybridized carbons (Fsp3) is 0.333. The molecule has 0 spiro atoms. The van der Waals surface area contributed by atoms with Crippen molar-refractivity contribution in [3.63, 3.8) is 0 Å².